The summed E-state index contributed by atoms with van der Waals surface area (Å²) >= 11 is 0. The second-order valence-corrected chi connectivity index (χ2v) is 12.1. The van der Waals surface area contributed by atoms with Gasteiger partial charge in [-0.05, 0) is 18.6 Å². The number of rotatable bonds is 32. The van der Waals surface area contributed by atoms with Crippen LogP contribution in [-0.4, -0.2) is 11.2 Å². The molecular formula is C37H70O. The minimum atomic E-state index is -0.357. The molecule has 0 saturated heterocycles. The Hall–Kier alpha value is -0.740. The summed E-state index contributed by atoms with van der Waals surface area (Å²) in [5.74, 6) is 2.43. The molecule has 0 aliphatic carbocycles. The third kappa shape index (κ3) is 33.3. The quantitative estimate of drug-likeness (QED) is 0.0677. The van der Waals surface area contributed by atoms with Crippen LogP contribution in [0.15, 0.2) is 12.2 Å². The first-order valence-electron chi connectivity index (χ1n) is 17.6. The van der Waals surface area contributed by atoms with Crippen LogP contribution in [0, 0.1) is 12.3 Å². The van der Waals surface area contributed by atoms with Crippen molar-refractivity contribution < 1.29 is 5.11 Å². The van der Waals surface area contributed by atoms with Gasteiger partial charge < -0.3 is 5.11 Å². The van der Waals surface area contributed by atoms with Gasteiger partial charge in [-0.25, -0.2) is 0 Å². The predicted molar refractivity (Wildman–Crippen MR) is 173 cm³/mol. The van der Waals surface area contributed by atoms with Crippen molar-refractivity contribution in [2.75, 3.05) is 0 Å². The Balaban J connectivity index is 3.07. The molecule has 0 aromatic heterocycles. The van der Waals surface area contributed by atoms with E-state index in [4.69, 9.17) is 6.42 Å². The van der Waals surface area contributed by atoms with Gasteiger partial charge in [0.2, 0.25) is 0 Å². The summed E-state index contributed by atoms with van der Waals surface area (Å²) in [5, 5.41) is 9.70. The van der Waals surface area contributed by atoms with Crippen molar-refractivity contribution in [1.82, 2.24) is 0 Å². The fourth-order valence-corrected chi connectivity index (χ4v) is 5.64. The van der Waals surface area contributed by atoms with Gasteiger partial charge in [0.15, 0.2) is 0 Å². The maximum absolute atomic E-state index is 9.70. The predicted octanol–water partition coefficient (Wildman–Crippen LogP) is 12.6. The highest BCUT2D eigenvalue weighted by Gasteiger charge is 1.99. The third-order valence-corrected chi connectivity index (χ3v) is 8.27. The largest absolute Gasteiger partial charge is 0.389 e. The standard InChI is InChI=1S/C37H70O/c1-3-5-7-8-9-10-11-12-13-14-15-16-17-18-19-20-21-22-23-24-25-26-27-28-29-30-31-32-33-34-36-37(38)35-6-4-2/h2,6,35,37-38H,3,5,7-34,36H2,1H3. The van der Waals surface area contributed by atoms with Crippen LogP contribution in [0.4, 0.5) is 0 Å². The zero-order chi connectivity index (χ0) is 27.6. The zero-order valence-corrected chi connectivity index (χ0v) is 26.2. The summed E-state index contributed by atoms with van der Waals surface area (Å²) in [4.78, 5) is 0. The number of aliphatic hydroxyl groups excluding tert-OH is 1. The van der Waals surface area contributed by atoms with E-state index in [1.54, 1.807) is 12.2 Å². The van der Waals surface area contributed by atoms with E-state index in [1.165, 1.54) is 186 Å². The summed E-state index contributed by atoms with van der Waals surface area (Å²) < 4.78 is 0. The first kappa shape index (κ1) is 37.3. The first-order valence-corrected chi connectivity index (χ1v) is 17.6. The van der Waals surface area contributed by atoms with E-state index in [0.29, 0.717) is 0 Å². The molecule has 38 heavy (non-hydrogen) atoms. The molecule has 1 atom stereocenters. The second-order valence-electron chi connectivity index (χ2n) is 12.1. The average molecular weight is 531 g/mol. The average Bonchev–Trinajstić information content (AvgIpc) is 2.93. The van der Waals surface area contributed by atoms with E-state index in [1.807, 2.05) is 0 Å². The van der Waals surface area contributed by atoms with Crippen molar-refractivity contribution in [1.29, 1.82) is 0 Å². The summed E-state index contributed by atoms with van der Waals surface area (Å²) in [6, 6.07) is 0. The minimum Gasteiger partial charge on any atom is -0.389 e. The molecule has 0 bridgehead atoms. The fraction of sp³-hybridized carbons (Fsp3) is 0.892. The van der Waals surface area contributed by atoms with Crippen molar-refractivity contribution in [2.45, 2.75) is 212 Å². The molecule has 1 nitrogen and oxygen atoms in total. The van der Waals surface area contributed by atoms with Gasteiger partial charge in [0.05, 0.1) is 6.10 Å². The van der Waals surface area contributed by atoms with Gasteiger partial charge in [0.25, 0.3) is 0 Å². The highest BCUT2D eigenvalue weighted by atomic mass is 16.3. The molecule has 0 amide bonds. The van der Waals surface area contributed by atoms with Gasteiger partial charge in [-0.3, -0.25) is 0 Å². The first-order chi connectivity index (χ1) is 18.8. The molecule has 0 rings (SSSR count). The number of aliphatic hydroxyl groups is 1. The molecule has 0 aromatic rings. The third-order valence-electron chi connectivity index (χ3n) is 8.27. The number of allylic oxidation sites excluding steroid dienone is 1. The van der Waals surface area contributed by atoms with Crippen molar-refractivity contribution in [3.05, 3.63) is 12.2 Å². The van der Waals surface area contributed by atoms with Crippen LogP contribution in [-0.2, 0) is 0 Å². The molecule has 224 valence electrons. The van der Waals surface area contributed by atoms with Crippen LogP contribution in [0.25, 0.3) is 0 Å². The lowest BCUT2D eigenvalue weighted by molar-refractivity contribution is 0.208. The van der Waals surface area contributed by atoms with Crippen molar-refractivity contribution in [3.8, 4) is 12.3 Å². The second kappa shape index (κ2) is 34.3. The Bertz CT molecular complexity index is 487. The maximum Gasteiger partial charge on any atom is 0.0730 e. The van der Waals surface area contributed by atoms with Gasteiger partial charge in [-0.15, -0.1) is 6.42 Å². The SMILES string of the molecule is C#CC=CC(O)CCCCCCCCCCCCCCCCCCCCCCCCCCCCCCCC. The number of unbranched alkanes of at least 4 members (excludes halogenated alkanes) is 29. The number of hydrogen-bond donors (Lipinski definition) is 1. The van der Waals surface area contributed by atoms with Crippen LogP contribution < -0.4 is 0 Å². The molecule has 1 heteroatoms. The van der Waals surface area contributed by atoms with Gasteiger partial charge in [-0.2, -0.15) is 0 Å². The molecule has 0 radical (unpaired) electrons. The molecule has 0 aliphatic rings. The molecule has 1 N–H and O–H groups in total. The van der Waals surface area contributed by atoms with Gasteiger partial charge >= 0.3 is 0 Å². The Labute approximate surface area is 241 Å². The lowest BCUT2D eigenvalue weighted by atomic mass is 10.0. The monoisotopic (exact) mass is 531 g/mol. The smallest absolute Gasteiger partial charge is 0.0730 e. The van der Waals surface area contributed by atoms with E-state index in [0.717, 1.165) is 12.8 Å². The van der Waals surface area contributed by atoms with E-state index < -0.39 is 0 Å². The lowest BCUT2D eigenvalue weighted by Crippen LogP contribution is -2.01. The molecule has 0 heterocycles. The van der Waals surface area contributed by atoms with Crippen LogP contribution in [0.3, 0.4) is 0 Å². The Morgan fingerprint density at radius 1 is 0.447 bits per heavy atom. The van der Waals surface area contributed by atoms with E-state index in [-0.39, 0.29) is 6.10 Å². The summed E-state index contributed by atoms with van der Waals surface area (Å²) in [6.45, 7) is 2.30. The zero-order valence-electron chi connectivity index (χ0n) is 26.2. The molecule has 0 spiro atoms. The normalized spacial score (nSPS) is 12.3. The Kier molecular flexibility index (Phi) is 33.6. The maximum atomic E-state index is 9.70. The van der Waals surface area contributed by atoms with Crippen molar-refractivity contribution >= 4 is 0 Å². The Morgan fingerprint density at radius 3 is 0.921 bits per heavy atom. The molecule has 0 aromatic carbocycles. The van der Waals surface area contributed by atoms with Gasteiger partial charge in [-0.1, -0.05) is 205 Å². The highest BCUT2D eigenvalue weighted by Crippen LogP contribution is 2.16. The van der Waals surface area contributed by atoms with Crippen LogP contribution >= 0.6 is 0 Å². The Morgan fingerprint density at radius 2 is 0.684 bits per heavy atom. The summed E-state index contributed by atoms with van der Waals surface area (Å²) in [6.07, 6.45) is 51.9. The van der Waals surface area contributed by atoms with Crippen LogP contribution in [0.5, 0.6) is 0 Å². The minimum absolute atomic E-state index is 0.357. The highest BCUT2D eigenvalue weighted by molar-refractivity contribution is 5.10. The summed E-state index contributed by atoms with van der Waals surface area (Å²) in [5.41, 5.74) is 0. The summed E-state index contributed by atoms with van der Waals surface area (Å²) in [7, 11) is 0. The van der Waals surface area contributed by atoms with E-state index >= 15 is 0 Å². The van der Waals surface area contributed by atoms with Crippen LogP contribution in [0.2, 0.25) is 0 Å². The number of hydrogen-bond acceptors (Lipinski definition) is 1. The van der Waals surface area contributed by atoms with Gasteiger partial charge in [0.1, 0.15) is 0 Å². The topological polar surface area (TPSA) is 20.2 Å². The molecule has 0 aliphatic heterocycles. The molecule has 0 fully saturated rings. The number of terminal acetylenes is 1. The molecular weight excluding hydrogens is 460 g/mol. The van der Waals surface area contributed by atoms with Crippen LogP contribution in [0.1, 0.15) is 206 Å². The van der Waals surface area contributed by atoms with Crippen molar-refractivity contribution in [3.63, 3.8) is 0 Å². The molecule has 1 unspecified atom stereocenters. The molecule has 0 saturated carbocycles. The van der Waals surface area contributed by atoms with Gasteiger partial charge in [0, 0.05) is 0 Å². The fourth-order valence-electron chi connectivity index (χ4n) is 5.64. The van der Waals surface area contributed by atoms with E-state index in [9.17, 15) is 5.11 Å². The lowest BCUT2D eigenvalue weighted by Gasteiger charge is -2.05. The van der Waals surface area contributed by atoms with Crippen molar-refractivity contribution in [2.24, 2.45) is 0 Å². The van der Waals surface area contributed by atoms with E-state index in [2.05, 4.69) is 12.8 Å².